The second-order valence-corrected chi connectivity index (χ2v) is 7.62. The van der Waals surface area contributed by atoms with Crippen molar-refractivity contribution in [2.45, 2.75) is 24.8 Å². The van der Waals surface area contributed by atoms with Gasteiger partial charge < -0.3 is 24.7 Å². The molecule has 146 valence electrons. The van der Waals surface area contributed by atoms with Crippen molar-refractivity contribution in [3.63, 3.8) is 0 Å². The minimum Gasteiger partial charge on any atom is -0.450 e. The zero-order valence-corrected chi connectivity index (χ0v) is 17.7. The molecule has 1 atom stereocenters. The maximum atomic E-state index is 12.0. The highest BCUT2D eigenvalue weighted by atomic mass is 127. The Morgan fingerprint density at radius 3 is 2.74 bits per heavy atom. The number of amides is 1. The van der Waals surface area contributed by atoms with Crippen LogP contribution in [0.4, 0.5) is 22.2 Å². The number of halogens is 1. The largest absolute Gasteiger partial charge is 0.450 e. The molecule has 0 bridgehead atoms. The first kappa shape index (κ1) is 21.3. The zero-order valence-electron chi connectivity index (χ0n) is 14.7. The highest BCUT2D eigenvalue weighted by Crippen LogP contribution is 2.20. The summed E-state index contributed by atoms with van der Waals surface area (Å²) in [6, 6.07) is 6.39. The molecule has 0 aliphatic heterocycles. The van der Waals surface area contributed by atoms with Gasteiger partial charge in [0, 0.05) is 17.9 Å². The van der Waals surface area contributed by atoms with Crippen LogP contribution in [0.25, 0.3) is 0 Å². The van der Waals surface area contributed by atoms with Crippen LogP contribution in [-0.2, 0) is 19.5 Å². The number of aliphatic hydroxyl groups excluding tert-OH is 1. The summed E-state index contributed by atoms with van der Waals surface area (Å²) in [4.78, 5) is 20.2. The second-order valence-electron chi connectivity index (χ2n) is 5.31. The molecule has 0 saturated carbocycles. The van der Waals surface area contributed by atoms with Crippen molar-refractivity contribution >= 4 is 56.7 Å². The topological polar surface area (TPSA) is 126 Å². The first-order valence-corrected chi connectivity index (χ1v) is 10.2. The summed E-state index contributed by atoms with van der Waals surface area (Å²) in [5, 5.41) is 15.3. The van der Waals surface area contributed by atoms with Gasteiger partial charge in [0.2, 0.25) is 5.95 Å². The van der Waals surface area contributed by atoms with Crippen LogP contribution in [0.1, 0.15) is 13.8 Å². The number of hydrogen-bond donors (Lipinski definition) is 3. The Balaban J connectivity index is 2.11. The van der Waals surface area contributed by atoms with E-state index in [1.165, 1.54) is 0 Å². The van der Waals surface area contributed by atoms with Crippen molar-refractivity contribution in [1.29, 1.82) is 0 Å². The Labute approximate surface area is 172 Å². The van der Waals surface area contributed by atoms with Gasteiger partial charge in [0.05, 0.1) is 16.8 Å². The van der Waals surface area contributed by atoms with Gasteiger partial charge in [0.25, 0.3) is 0 Å². The van der Waals surface area contributed by atoms with Gasteiger partial charge in [-0.2, -0.15) is 4.98 Å². The van der Waals surface area contributed by atoms with E-state index in [4.69, 9.17) is 5.11 Å². The first-order chi connectivity index (χ1) is 12.9. The summed E-state index contributed by atoms with van der Waals surface area (Å²) in [7, 11) is -1.83. The van der Waals surface area contributed by atoms with Crippen LogP contribution in [0.3, 0.4) is 0 Å². The van der Waals surface area contributed by atoms with Gasteiger partial charge in [-0.1, -0.05) is 17.0 Å². The van der Waals surface area contributed by atoms with E-state index < -0.39 is 16.7 Å². The quantitative estimate of drug-likeness (QED) is 0.388. The van der Waals surface area contributed by atoms with E-state index in [1.54, 1.807) is 37.4 Å². The molecule has 2 rings (SSSR count). The standard InChI is InChI=1S/C16H19IN5O4S/c1-3-26-16(24)22-27(25)12-6-4-11(5-7-12)20-15-18-8-13(17)14(21-15)19-10(2)9-23/h4-8,10,23H,3,9H2,1-2H3,(H2,18,19,20,21)/q-1/t10-/m1/s1. The number of ether oxygens (including phenoxy) is 1. The van der Waals surface area contributed by atoms with Crippen LogP contribution < -0.4 is 10.6 Å². The van der Waals surface area contributed by atoms with E-state index >= 15 is 0 Å². The van der Waals surface area contributed by atoms with Crippen molar-refractivity contribution in [1.82, 2.24) is 9.97 Å². The van der Waals surface area contributed by atoms with Crippen LogP contribution in [0.5, 0.6) is 0 Å². The number of nitrogens with zero attached hydrogens (tertiary/aromatic N) is 3. The average Bonchev–Trinajstić information content (AvgIpc) is 2.65. The van der Waals surface area contributed by atoms with E-state index in [-0.39, 0.29) is 19.3 Å². The number of aliphatic hydroxyl groups is 1. The molecule has 3 N–H and O–H groups in total. The van der Waals surface area contributed by atoms with E-state index in [1.807, 2.05) is 6.92 Å². The molecule has 1 aromatic heterocycles. The molecule has 0 saturated heterocycles. The predicted octanol–water partition coefficient (Wildman–Crippen LogP) is 3.28. The van der Waals surface area contributed by atoms with Crippen LogP contribution >= 0.6 is 22.6 Å². The molecule has 0 radical (unpaired) electrons. The summed E-state index contributed by atoms with van der Waals surface area (Å²) < 4.78 is 20.9. The summed E-state index contributed by atoms with van der Waals surface area (Å²) in [5.41, 5.74) is 0.675. The monoisotopic (exact) mass is 504 g/mol. The van der Waals surface area contributed by atoms with Crippen LogP contribution in [0.2, 0.25) is 0 Å². The number of hydrogen-bond acceptors (Lipinski definition) is 9. The van der Waals surface area contributed by atoms with Gasteiger partial charge in [0.1, 0.15) is 5.82 Å². The van der Waals surface area contributed by atoms with Crippen molar-refractivity contribution < 1.29 is 18.8 Å². The highest BCUT2D eigenvalue weighted by molar-refractivity contribution is 14.1. The van der Waals surface area contributed by atoms with Crippen molar-refractivity contribution in [3.05, 3.63) is 34.0 Å². The lowest BCUT2D eigenvalue weighted by molar-refractivity contribution is 0.164. The molecule has 11 heteroatoms. The highest BCUT2D eigenvalue weighted by Gasteiger charge is 2.08. The molecule has 0 spiro atoms. The number of benzene rings is 1. The van der Waals surface area contributed by atoms with Gasteiger partial charge in [-0.25, -0.2) is 9.78 Å². The number of rotatable bonds is 7. The number of aromatic nitrogens is 2. The second kappa shape index (κ2) is 10.4. The van der Waals surface area contributed by atoms with E-state index in [2.05, 4.69) is 52.3 Å². The Kier molecular flexibility index (Phi) is 8.19. The lowest BCUT2D eigenvalue weighted by Gasteiger charge is -2.14. The van der Waals surface area contributed by atoms with Gasteiger partial charge in [0.15, 0.2) is 0 Å². The van der Waals surface area contributed by atoms with Crippen LogP contribution in [0, 0.1) is 3.57 Å². The van der Waals surface area contributed by atoms with Gasteiger partial charge in [-0.15, -0.1) is 10.6 Å². The summed E-state index contributed by atoms with van der Waals surface area (Å²) >= 11 is 2.11. The number of anilines is 3. The van der Waals surface area contributed by atoms with Gasteiger partial charge >= 0.3 is 6.09 Å². The molecule has 2 aromatic rings. The zero-order chi connectivity index (χ0) is 19.8. The lowest BCUT2D eigenvalue weighted by Crippen LogP contribution is -2.21. The SMILES string of the molecule is CCOC(=O)N=[S-](=O)c1ccc(Nc2ncc(I)c(N[C@H](C)CO)n2)cc1. The molecule has 0 aliphatic rings. The molecule has 1 aromatic carbocycles. The van der Waals surface area contributed by atoms with E-state index in [9.17, 15) is 9.00 Å². The third kappa shape index (κ3) is 6.59. The molecule has 27 heavy (non-hydrogen) atoms. The molecule has 9 nitrogen and oxygen atoms in total. The Bertz CT molecular complexity index is 872. The maximum absolute atomic E-state index is 12.0. The number of carbonyl (C=O) groups excluding carboxylic acids is 1. The fourth-order valence-electron chi connectivity index (χ4n) is 1.86. The van der Waals surface area contributed by atoms with E-state index in [0.717, 1.165) is 3.57 Å². The van der Waals surface area contributed by atoms with Crippen LogP contribution in [0.15, 0.2) is 39.7 Å². The molecule has 0 unspecified atom stereocenters. The molecular formula is C16H19IN5O4S-. The molecule has 0 aliphatic carbocycles. The molecule has 1 amide bonds. The average molecular weight is 504 g/mol. The first-order valence-electron chi connectivity index (χ1n) is 8.00. The van der Waals surface area contributed by atoms with Crippen molar-refractivity contribution in [2.75, 3.05) is 23.8 Å². The van der Waals surface area contributed by atoms with Gasteiger partial charge in [-0.3, -0.25) is 4.36 Å². The minimum absolute atomic E-state index is 0.0156. The summed E-state index contributed by atoms with van der Waals surface area (Å²) in [5.74, 6) is 0.980. The van der Waals surface area contributed by atoms with E-state index in [0.29, 0.717) is 22.3 Å². The predicted molar refractivity (Wildman–Crippen MR) is 110 cm³/mol. The Morgan fingerprint density at radius 2 is 2.11 bits per heavy atom. The normalized spacial score (nSPS) is 13.0. The fraction of sp³-hybridized carbons (Fsp3) is 0.312. The molecule has 1 heterocycles. The van der Waals surface area contributed by atoms with Crippen molar-refractivity contribution in [2.24, 2.45) is 4.36 Å². The maximum Gasteiger partial charge on any atom is 0.410 e. The lowest BCUT2D eigenvalue weighted by atomic mass is 10.3. The Hall–Kier alpha value is -1.99. The van der Waals surface area contributed by atoms with Crippen molar-refractivity contribution in [3.8, 4) is 0 Å². The van der Waals surface area contributed by atoms with Gasteiger partial charge in [-0.05, 0) is 48.6 Å². The Morgan fingerprint density at radius 1 is 1.41 bits per heavy atom. The fourth-order valence-corrected chi connectivity index (χ4v) is 2.94. The summed E-state index contributed by atoms with van der Waals surface area (Å²) in [6.07, 6.45) is 0.798. The van der Waals surface area contributed by atoms with Crippen LogP contribution in [-0.4, -0.2) is 40.4 Å². The summed E-state index contributed by atoms with van der Waals surface area (Å²) in [6.45, 7) is 3.64. The minimum atomic E-state index is -1.83. The third-order valence-corrected chi connectivity index (χ3v) is 4.92. The third-order valence-electron chi connectivity index (χ3n) is 3.14. The smallest absolute Gasteiger partial charge is 0.410 e. The number of nitrogens with one attached hydrogen (secondary N) is 2. The number of carbonyl (C=O) groups is 1. The molecule has 0 fully saturated rings. The molecular weight excluding hydrogens is 485 g/mol.